The third kappa shape index (κ3) is 3.50. The van der Waals surface area contributed by atoms with E-state index < -0.39 is 0 Å². The zero-order valence-corrected chi connectivity index (χ0v) is 15.2. The Balaban J connectivity index is 1.44. The quantitative estimate of drug-likeness (QED) is 0.841. The van der Waals surface area contributed by atoms with Crippen LogP contribution in [0.1, 0.15) is 42.1 Å². The Kier molecular flexibility index (Phi) is 4.74. The molecule has 7 heteroatoms. The number of rotatable bonds is 3. The minimum Gasteiger partial charge on any atom is -0.365 e. The maximum absolute atomic E-state index is 12.6. The van der Waals surface area contributed by atoms with Gasteiger partial charge >= 0.3 is 0 Å². The van der Waals surface area contributed by atoms with Crippen molar-refractivity contribution >= 4 is 5.91 Å². The molecule has 2 aromatic rings. The highest BCUT2D eigenvalue weighted by Gasteiger charge is 2.28. The predicted molar refractivity (Wildman–Crippen MR) is 95.7 cm³/mol. The summed E-state index contributed by atoms with van der Waals surface area (Å²) < 4.78 is 11.1. The highest BCUT2D eigenvalue weighted by Crippen LogP contribution is 2.32. The minimum atomic E-state index is -0.107. The van der Waals surface area contributed by atoms with Gasteiger partial charge in [-0.15, -0.1) is 0 Å². The molecule has 3 heterocycles. The van der Waals surface area contributed by atoms with Crippen molar-refractivity contribution < 1.29 is 14.1 Å². The fourth-order valence-electron chi connectivity index (χ4n) is 3.42. The monoisotopic (exact) mass is 356 g/mol. The lowest BCUT2D eigenvalue weighted by Gasteiger charge is -2.32. The molecule has 1 aromatic heterocycles. The zero-order valence-electron chi connectivity index (χ0n) is 15.2. The van der Waals surface area contributed by atoms with Crippen LogP contribution in [0.5, 0.6) is 0 Å². The van der Waals surface area contributed by atoms with Gasteiger partial charge < -0.3 is 19.1 Å². The molecule has 2 saturated heterocycles. The first-order chi connectivity index (χ1) is 12.6. The Morgan fingerprint density at radius 3 is 2.50 bits per heavy atom. The molecule has 1 amide bonds. The summed E-state index contributed by atoms with van der Waals surface area (Å²) in [5, 5.41) is 4.06. The Labute approximate surface area is 152 Å². The molecule has 1 aromatic carbocycles. The van der Waals surface area contributed by atoms with Crippen molar-refractivity contribution in [2.75, 3.05) is 33.2 Å². The number of hydrogen-bond acceptors (Lipinski definition) is 6. The number of nitrogens with zero attached hydrogens (tertiary/aromatic N) is 4. The van der Waals surface area contributed by atoms with E-state index in [2.05, 4.69) is 22.1 Å². The largest absolute Gasteiger partial charge is 0.365 e. The van der Waals surface area contributed by atoms with Crippen molar-refractivity contribution in [3.05, 3.63) is 35.7 Å². The fraction of sp³-hybridized carbons (Fsp3) is 0.526. The van der Waals surface area contributed by atoms with E-state index in [9.17, 15) is 4.79 Å². The first-order valence-corrected chi connectivity index (χ1v) is 9.17. The molecule has 2 aliphatic heterocycles. The number of carbonyl (C=O) groups is 1. The fourth-order valence-corrected chi connectivity index (χ4v) is 3.42. The van der Waals surface area contributed by atoms with Gasteiger partial charge in [-0.3, -0.25) is 4.79 Å². The lowest BCUT2D eigenvalue weighted by atomic mass is 10.1. The van der Waals surface area contributed by atoms with Gasteiger partial charge in [0.25, 0.3) is 11.8 Å². The number of amides is 1. The maximum Gasteiger partial charge on any atom is 0.256 e. The molecule has 2 atom stereocenters. The van der Waals surface area contributed by atoms with Crippen LogP contribution in [0.15, 0.2) is 28.8 Å². The topological polar surface area (TPSA) is 71.7 Å². The van der Waals surface area contributed by atoms with E-state index >= 15 is 0 Å². The first-order valence-electron chi connectivity index (χ1n) is 9.17. The van der Waals surface area contributed by atoms with Gasteiger partial charge in [0.2, 0.25) is 5.82 Å². The van der Waals surface area contributed by atoms with Crippen LogP contribution in [0.2, 0.25) is 0 Å². The summed E-state index contributed by atoms with van der Waals surface area (Å²) >= 11 is 0. The molecule has 2 aliphatic rings. The van der Waals surface area contributed by atoms with E-state index in [-0.39, 0.29) is 18.1 Å². The molecule has 138 valence electrons. The molecule has 2 fully saturated rings. The Morgan fingerprint density at radius 2 is 1.85 bits per heavy atom. The predicted octanol–water partition coefficient (Wildman–Crippen LogP) is 2.36. The average molecular weight is 356 g/mol. The molecule has 0 saturated carbocycles. The van der Waals surface area contributed by atoms with Gasteiger partial charge in [0.05, 0.1) is 6.10 Å². The molecule has 4 rings (SSSR count). The molecule has 0 unspecified atom stereocenters. The van der Waals surface area contributed by atoms with Gasteiger partial charge in [-0.1, -0.05) is 17.3 Å². The van der Waals surface area contributed by atoms with Crippen LogP contribution in [-0.2, 0) is 4.74 Å². The third-order valence-electron chi connectivity index (χ3n) is 5.13. The zero-order chi connectivity index (χ0) is 18.1. The van der Waals surface area contributed by atoms with Crippen LogP contribution in [-0.4, -0.2) is 65.2 Å². The Hall–Kier alpha value is -2.25. The average Bonchev–Trinajstić information content (AvgIpc) is 3.31. The summed E-state index contributed by atoms with van der Waals surface area (Å²) in [6, 6.07) is 7.41. The molecule has 0 radical (unpaired) electrons. The van der Waals surface area contributed by atoms with Gasteiger partial charge in [0.15, 0.2) is 0 Å². The van der Waals surface area contributed by atoms with Crippen molar-refractivity contribution in [3.8, 4) is 11.4 Å². The number of hydrogen-bond donors (Lipinski definition) is 0. The van der Waals surface area contributed by atoms with Crippen molar-refractivity contribution in [1.82, 2.24) is 19.9 Å². The lowest BCUT2D eigenvalue weighted by Crippen LogP contribution is -2.47. The van der Waals surface area contributed by atoms with Crippen molar-refractivity contribution in [2.24, 2.45) is 0 Å². The van der Waals surface area contributed by atoms with E-state index in [0.29, 0.717) is 17.3 Å². The summed E-state index contributed by atoms with van der Waals surface area (Å²) in [5.74, 6) is 1.13. The molecule has 0 bridgehead atoms. The second kappa shape index (κ2) is 7.17. The van der Waals surface area contributed by atoms with Crippen molar-refractivity contribution in [1.29, 1.82) is 0 Å². The van der Waals surface area contributed by atoms with Gasteiger partial charge in [0.1, 0.15) is 6.10 Å². The lowest BCUT2D eigenvalue weighted by molar-refractivity contribution is 0.0355. The third-order valence-corrected chi connectivity index (χ3v) is 5.13. The minimum absolute atomic E-state index is 0.0757. The summed E-state index contributed by atoms with van der Waals surface area (Å²) in [7, 11) is 2.08. The van der Waals surface area contributed by atoms with Crippen LogP contribution in [0.25, 0.3) is 11.4 Å². The summed E-state index contributed by atoms with van der Waals surface area (Å²) in [5.41, 5.74) is 1.52. The number of aromatic nitrogens is 2. The maximum atomic E-state index is 12.6. The van der Waals surface area contributed by atoms with Crippen LogP contribution < -0.4 is 0 Å². The van der Waals surface area contributed by atoms with E-state index in [0.717, 1.165) is 44.6 Å². The van der Waals surface area contributed by atoms with Crippen LogP contribution in [0.3, 0.4) is 0 Å². The summed E-state index contributed by atoms with van der Waals surface area (Å²) in [6.07, 6.45) is 2.03. The van der Waals surface area contributed by atoms with E-state index in [1.165, 1.54) is 0 Å². The highest BCUT2D eigenvalue weighted by molar-refractivity contribution is 5.94. The molecule has 7 nitrogen and oxygen atoms in total. The smallest absolute Gasteiger partial charge is 0.256 e. The number of benzene rings is 1. The van der Waals surface area contributed by atoms with Gasteiger partial charge in [0, 0.05) is 37.3 Å². The SMILES string of the molecule is C[C@@H]1CC[C@H](c2nc(-c3ccc(C(=O)N4CCN(C)CC4)cc3)no2)O1. The van der Waals surface area contributed by atoms with Crippen LogP contribution in [0, 0.1) is 0 Å². The van der Waals surface area contributed by atoms with E-state index in [4.69, 9.17) is 9.26 Å². The standard InChI is InChI=1S/C19H24N4O3/c1-13-3-8-16(25-13)18-20-17(21-26-18)14-4-6-15(7-5-14)19(24)23-11-9-22(2)10-12-23/h4-7,13,16H,3,8-12H2,1-2H3/t13-,16-/m1/s1. The molecular formula is C19H24N4O3. The normalized spacial score (nSPS) is 24.2. The molecule has 0 aliphatic carbocycles. The second-order valence-electron chi connectivity index (χ2n) is 7.14. The van der Waals surface area contributed by atoms with E-state index in [1.54, 1.807) is 0 Å². The summed E-state index contributed by atoms with van der Waals surface area (Å²) in [6.45, 7) is 5.41. The number of carbonyl (C=O) groups excluding carboxylic acids is 1. The van der Waals surface area contributed by atoms with Crippen molar-refractivity contribution in [2.45, 2.75) is 32.0 Å². The van der Waals surface area contributed by atoms with Gasteiger partial charge in [-0.2, -0.15) is 4.98 Å². The first kappa shape index (κ1) is 17.2. The number of piperazine rings is 1. The molecule has 26 heavy (non-hydrogen) atoms. The van der Waals surface area contributed by atoms with E-state index in [1.807, 2.05) is 36.1 Å². The van der Waals surface area contributed by atoms with Crippen molar-refractivity contribution in [3.63, 3.8) is 0 Å². The van der Waals surface area contributed by atoms with Gasteiger partial charge in [-0.05, 0) is 38.9 Å². The van der Waals surface area contributed by atoms with Crippen LogP contribution in [0.4, 0.5) is 0 Å². The molecular weight excluding hydrogens is 332 g/mol. The van der Waals surface area contributed by atoms with Gasteiger partial charge in [-0.25, -0.2) is 0 Å². The molecule has 0 spiro atoms. The Bertz CT molecular complexity index is 765. The highest BCUT2D eigenvalue weighted by atomic mass is 16.5. The molecule has 0 N–H and O–H groups in total. The number of ether oxygens (including phenoxy) is 1. The van der Waals surface area contributed by atoms with Crippen LogP contribution >= 0.6 is 0 Å². The summed E-state index contributed by atoms with van der Waals surface area (Å²) in [4.78, 5) is 21.2. The number of likely N-dealkylation sites (N-methyl/N-ethyl adjacent to an activating group) is 1. The Morgan fingerprint density at radius 1 is 1.12 bits per heavy atom. The second-order valence-corrected chi connectivity index (χ2v) is 7.14.